The number of aromatic nitrogens is 2. The molecule has 2 aromatic rings. The molecule has 2 heteroatoms. The van der Waals surface area contributed by atoms with E-state index in [0.29, 0.717) is 0 Å². The second kappa shape index (κ2) is 4.28. The molecule has 0 aliphatic heterocycles. The molecule has 0 N–H and O–H groups in total. The summed E-state index contributed by atoms with van der Waals surface area (Å²) in [7, 11) is 0. The van der Waals surface area contributed by atoms with Crippen LogP contribution in [0.1, 0.15) is 32.2 Å². The molecule has 0 unspecified atom stereocenters. The van der Waals surface area contributed by atoms with Gasteiger partial charge in [0.05, 0.1) is 17.1 Å². The fourth-order valence-corrected chi connectivity index (χ4v) is 1.68. The van der Waals surface area contributed by atoms with Crippen LogP contribution in [0.5, 0.6) is 0 Å². The molecule has 1 aromatic heterocycles. The van der Waals surface area contributed by atoms with Crippen LogP contribution in [0.4, 0.5) is 0 Å². The van der Waals surface area contributed by atoms with Gasteiger partial charge in [0.25, 0.3) is 0 Å². The lowest BCUT2D eigenvalue weighted by Gasteiger charge is -2.18. The van der Waals surface area contributed by atoms with Crippen LogP contribution in [-0.2, 0) is 5.41 Å². The maximum absolute atomic E-state index is 4.75. The van der Waals surface area contributed by atoms with E-state index >= 15 is 0 Å². The van der Waals surface area contributed by atoms with Gasteiger partial charge in [0.2, 0.25) is 0 Å². The second-order valence-electron chi connectivity index (χ2n) is 5.31. The lowest BCUT2D eigenvalue weighted by Crippen LogP contribution is -2.15. The summed E-state index contributed by atoms with van der Waals surface area (Å²) in [5.74, 6) is 0. The second-order valence-corrected chi connectivity index (χ2v) is 5.31. The third kappa shape index (κ3) is 2.52. The summed E-state index contributed by atoms with van der Waals surface area (Å²) in [4.78, 5) is 9.21. The Morgan fingerprint density at radius 1 is 1.00 bits per heavy atom. The van der Waals surface area contributed by atoms with Crippen LogP contribution >= 0.6 is 0 Å². The Morgan fingerprint density at radius 2 is 1.65 bits per heavy atom. The van der Waals surface area contributed by atoms with Crippen molar-refractivity contribution >= 4 is 0 Å². The molecule has 0 saturated carbocycles. The lowest BCUT2D eigenvalue weighted by molar-refractivity contribution is 0.565. The van der Waals surface area contributed by atoms with E-state index in [1.54, 1.807) is 0 Å². The van der Waals surface area contributed by atoms with Crippen molar-refractivity contribution in [2.75, 3.05) is 0 Å². The molecule has 0 aliphatic rings. The maximum atomic E-state index is 4.75. The Hall–Kier alpha value is -1.70. The number of aryl methyl sites for hydroxylation is 1. The largest absolute Gasteiger partial charge is 0.257 e. The first kappa shape index (κ1) is 11.8. The van der Waals surface area contributed by atoms with Gasteiger partial charge >= 0.3 is 0 Å². The van der Waals surface area contributed by atoms with E-state index in [4.69, 9.17) is 4.98 Å². The number of benzene rings is 1. The summed E-state index contributed by atoms with van der Waals surface area (Å²) in [6, 6.07) is 10.2. The van der Waals surface area contributed by atoms with Gasteiger partial charge in [-0.05, 0) is 6.92 Å². The Kier molecular flexibility index (Phi) is 2.97. The average molecular weight is 226 g/mol. The normalized spacial score (nSPS) is 11.5. The predicted octanol–water partition coefficient (Wildman–Crippen LogP) is 3.75. The minimum atomic E-state index is 0.0320. The SMILES string of the molecule is Cc1ncc(C(C)(C)C)nc1-c1ccccc1. The Labute approximate surface area is 103 Å². The van der Waals surface area contributed by atoms with Crippen molar-refractivity contribution in [1.29, 1.82) is 0 Å². The molecule has 0 atom stereocenters. The molecule has 0 radical (unpaired) electrons. The van der Waals surface area contributed by atoms with Crippen molar-refractivity contribution < 1.29 is 0 Å². The molecule has 0 spiro atoms. The van der Waals surface area contributed by atoms with Crippen LogP contribution in [0.3, 0.4) is 0 Å². The molecule has 17 heavy (non-hydrogen) atoms. The van der Waals surface area contributed by atoms with Crippen molar-refractivity contribution in [1.82, 2.24) is 9.97 Å². The highest BCUT2D eigenvalue weighted by Gasteiger charge is 2.17. The fraction of sp³-hybridized carbons (Fsp3) is 0.333. The molecule has 0 bridgehead atoms. The summed E-state index contributed by atoms with van der Waals surface area (Å²) in [6.07, 6.45) is 1.88. The van der Waals surface area contributed by atoms with Crippen molar-refractivity contribution in [2.45, 2.75) is 33.1 Å². The lowest BCUT2D eigenvalue weighted by atomic mass is 9.92. The van der Waals surface area contributed by atoms with Crippen molar-refractivity contribution in [3.8, 4) is 11.3 Å². The number of rotatable bonds is 1. The first-order valence-electron chi connectivity index (χ1n) is 5.88. The molecule has 2 nitrogen and oxygen atoms in total. The average Bonchev–Trinajstić information content (AvgIpc) is 2.29. The van der Waals surface area contributed by atoms with E-state index < -0.39 is 0 Å². The van der Waals surface area contributed by atoms with Crippen LogP contribution in [0.15, 0.2) is 36.5 Å². The molecule has 0 amide bonds. The van der Waals surface area contributed by atoms with Gasteiger partial charge in [-0.3, -0.25) is 4.98 Å². The molecule has 88 valence electrons. The van der Waals surface area contributed by atoms with E-state index in [1.807, 2.05) is 31.3 Å². The third-order valence-corrected chi connectivity index (χ3v) is 2.77. The summed E-state index contributed by atoms with van der Waals surface area (Å²) in [6.45, 7) is 8.46. The van der Waals surface area contributed by atoms with Crippen molar-refractivity contribution in [3.63, 3.8) is 0 Å². The summed E-state index contributed by atoms with van der Waals surface area (Å²) in [5, 5.41) is 0. The predicted molar refractivity (Wildman–Crippen MR) is 70.9 cm³/mol. The third-order valence-electron chi connectivity index (χ3n) is 2.77. The van der Waals surface area contributed by atoms with E-state index in [0.717, 1.165) is 22.6 Å². The van der Waals surface area contributed by atoms with E-state index in [-0.39, 0.29) is 5.41 Å². The topological polar surface area (TPSA) is 25.8 Å². The van der Waals surface area contributed by atoms with Gasteiger partial charge in [0.1, 0.15) is 0 Å². The van der Waals surface area contributed by atoms with Crippen LogP contribution in [0.25, 0.3) is 11.3 Å². The smallest absolute Gasteiger partial charge is 0.0917 e. The van der Waals surface area contributed by atoms with Gasteiger partial charge in [-0.2, -0.15) is 0 Å². The van der Waals surface area contributed by atoms with Gasteiger partial charge < -0.3 is 0 Å². The standard InChI is InChI=1S/C15H18N2/c1-11-14(12-8-6-5-7-9-12)17-13(10-16-11)15(2,3)4/h5-10H,1-4H3. The van der Waals surface area contributed by atoms with Crippen molar-refractivity contribution in [2.24, 2.45) is 0 Å². The summed E-state index contributed by atoms with van der Waals surface area (Å²) < 4.78 is 0. The molecular weight excluding hydrogens is 208 g/mol. The molecule has 2 rings (SSSR count). The van der Waals surface area contributed by atoms with Gasteiger partial charge in [-0.25, -0.2) is 4.98 Å². The van der Waals surface area contributed by atoms with Crippen LogP contribution in [0, 0.1) is 6.92 Å². The molecule has 0 saturated heterocycles. The van der Waals surface area contributed by atoms with Gasteiger partial charge in [0.15, 0.2) is 0 Å². The molecule has 1 heterocycles. The van der Waals surface area contributed by atoms with Gasteiger partial charge in [-0.1, -0.05) is 51.1 Å². The van der Waals surface area contributed by atoms with Gasteiger partial charge in [-0.15, -0.1) is 0 Å². The fourth-order valence-electron chi connectivity index (χ4n) is 1.68. The highest BCUT2D eigenvalue weighted by molar-refractivity contribution is 5.61. The Bertz CT molecular complexity index is 510. The zero-order valence-electron chi connectivity index (χ0n) is 10.9. The van der Waals surface area contributed by atoms with E-state index in [2.05, 4.69) is 37.9 Å². The summed E-state index contributed by atoms with van der Waals surface area (Å²) >= 11 is 0. The zero-order chi connectivity index (χ0) is 12.5. The van der Waals surface area contributed by atoms with Crippen LogP contribution in [0.2, 0.25) is 0 Å². The maximum Gasteiger partial charge on any atom is 0.0917 e. The monoisotopic (exact) mass is 226 g/mol. The number of hydrogen-bond donors (Lipinski definition) is 0. The van der Waals surface area contributed by atoms with E-state index in [9.17, 15) is 0 Å². The first-order chi connectivity index (χ1) is 7.98. The number of hydrogen-bond acceptors (Lipinski definition) is 2. The zero-order valence-corrected chi connectivity index (χ0v) is 10.9. The number of nitrogens with zero attached hydrogens (tertiary/aromatic N) is 2. The molecular formula is C15H18N2. The minimum Gasteiger partial charge on any atom is -0.257 e. The minimum absolute atomic E-state index is 0.0320. The quantitative estimate of drug-likeness (QED) is 0.740. The van der Waals surface area contributed by atoms with Crippen LogP contribution in [-0.4, -0.2) is 9.97 Å². The van der Waals surface area contributed by atoms with Crippen molar-refractivity contribution in [3.05, 3.63) is 47.9 Å². The first-order valence-corrected chi connectivity index (χ1v) is 5.88. The van der Waals surface area contributed by atoms with Crippen LogP contribution < -0.4 is 0 Å². The highest BCUT2D eigenvalue weighted by atomic mass is 14.8. The highest BCUT2D eigenvalue weighted by Crippen LogP contribution is 2.24. The molecule has 0 aliphatic carbocycles. The molecule has 0 fully saturated rings. The Morgan fingerprint density at radius 3 is 2.24 bits per heavy atom. The van der Waals surface area contributed by atoms with Gasteiger partial charge in [0, 0.05) is 17.2 Å². The Balaban J connectivity index is 2.55. The molecule has 1 aromatic carbocycles. The van der Waals surface area contributed by atoms with E-state index in [1.165, 1.54) is 0 Å². The summed E-state index contributed by atoms with van der Waals surface area (Å²) in [5.41, 5.74) is 4.15.